The average molecular weight is 475 g/mol. The van der Waals surface area contributed by atoms with E-state index in [9.17, 15) is 4.89 Å². The fourth-order valence-corrected chi connectivity index (χ4v) is 7.59. The van der Waals surface area contributed by atoms with E-state index >= 15 is 0 Å². The molecule has 0 rings (SSSR count). The van der Waals surface area contributed by atoms with Gasteiger partial charge in [0.05, 0.1) is 12.2 Å². The molecule has 32 heavy (non-hydrogen) atoms. The van der Waals surface area contributed by atoms with E-state index in [2.05, 4.69) is 69.2 Å². The minimum absolute atomic E-state index is 0.0180. The van der Waals surface area contributed by atoms with Crippen molar-refractivity contribution in [2.24, 2.45) is 29.1 Å². The van der Waals surface area contributed by atoms with Gasteiger partial charge in [-0.2, -0.15) is 0 Å². The molecule has 0 fully saturated rings. The molecule has 0 bridgehead atoms. The first kappa shape index (κ1) is 32.3. The Morgan fingerprint density at radius 1 is 0.625 bits per heavy atom. The highest BCUT2D eigenvalue weighted by Gasteiger charge is 2.59. The molecule has 0 spiro atoms. The predicted octanol–water partition coefficient (Wildman–Crippen LogP) is 9.92. The summed E-state index contributed by atoms with van der Waals surface area (Å²) < 4.78 is 12.6. The van der Waals surface area contributed by atoms with Crippen molar-refractivity contribution in [2.45, 2.75) is 145 Å². The quantitative estimate of drug-likeness (QED) is 0.141. The normalized spacial score (nSPS) is 14.3. The Bertz CT molecular complexity index is 432. The summed E-state index contributed by atoms with van der Waals surface area (Å²) in [7, 11) is -1.90. The maximum Gasteiger partial charge on any atom is 0.330 e. The van der Waals surface area contributed by atoms with Crippen molar-refractivity contribution in [2.75, 3.05) is 6.61 Å². The molecule has 0 saturated carbocycles. The van der Waals surface area contributed by atoms with Crippen molar-refractivity contribution in [1.29, 1.82) is 0 Å². The highest BCUT2D eigenvalue weighted by molar-refractivity contribution is 7.40. The van der Waals surface area contributed by atoms with Gasteiger partial charge in [-0.15, -0.1) is 0 Å². The van der Waals surface area contributed by atoms with E-state index in [4.69, 9.17) is 9.05 Å². The monoisotopic (exact) mass is 474 g/mol. The van der Waals surface area contributed by atoms with E-state index in [1.165, 1.54) is 57.8 Å². The minimum Gasteiger partial charge on any atom is -0.328 e. The van der Waals surface area contributed by atoms with E-state index in [-0.39, 0.29) is 17.3 Å². The summed E-state index contributed by atoms with van der Waals surface area (Å²) in [5.74, 6) is 1.48. The van der Waals surface area contributed by atoms with Crippen molar-refractivity contribution in [3.8, 4) is 0 Å². The van der Waals surface area contributed by atoms with E-state index in [1.54, 1.807) is 0 Å². The molecule has 1 N–H and O–H groups in total. The Balaban J connectivity index is 5.61. The van der Waals surface area contributed by atoms with E-state index in [1.807, 2.05) is 0 Å². The number of hydrogen-bond acceptors (Lipinski definition) is 3. The summed E-state index contributed by atoms with van der Waals surface area (Å²) >= 11 is 0. The summed E-state index contributed by atoms with van der Waals surface area (Å²) in [4.78, 5) is 11.0. The van der Waals surface area contributed by atoms with Gasteiger partial charge in [0.2, 0.25) is 0 Å². The van der Waals surface area contributed by atoms with E-state index in [0.29, 0.717) is 18.4 Å². The molecule has 0 saturated heterocycles. The van der Waals surface area contributed by atoms with Gasteiger partial charge in [-0.05, 0) is 36.5 Å². The molecule has 0 aromatic heterocycles. The molecule has 0 heterocycles. The molecule has 0 aliphatic rings. The molecular formula is C28H59O3P. The van der Waals surface area contributed by atoms with Gasteiger partial charge in [0.25, 0.3) is 0 Å². The lowest BCUT2D eigenvalue weighted by Gasteiger charge is -2.60. The SMILES string of the molecule is CCCCCCCCOP(O)OC(C(C)C)(C(C)C)C(CCCCCC)(C(C)C)C(C)C. The smallest absolute Gasteiger partial charge is 0.328 e. The first-order valence-corrected chi connectivity index (χ1v) is 15.0. The van der Waals surface area contributed by atoms with Gasteiger partial charge in [-0.3, -0.25) is 0 Å². The zero-order valence-electron chi connectivity index (χ0n) is 23.5. The highest BCUT2D eigenvalue weighted by Crippen LogP contribution is 2.61. The zero-order chi connectivity index (χ0) is 24.8. The van der Waals surface area contributed by atoms with Crippen molar-refractivity contribution >= 4 is 8.60 Å². The second-order valence-electron chi connectivity index (χ2n) is 11.2. The third kappa shape index (κ3) is 8.83. The van der Waals surface area contributed by atoms with Crippen molar-refractivity contribution in [1.82, 2.24) is 0 Å². The standard InChI is InChI=1S/C28H59O3P/c1-11-13-15-17-18-20-22-30-32(29)31-28(25(7)8,26(9)10)27(23(3)4,24(5)6)21-19-16-14-12-2/h23-26,29H,11-22H2,1-10H3. The van der Waals surface area contributed by atoms with Gasteiger partial charge < -0.3 is 13.9 Å². The Morgan fingerprint density at radius 3 is 1.50 bits per heavy atom. The third-order valence-corrected chi connectivity index (χ3v) is 8.74. The molecule has 0 aromatic rings. The van der Waals surface area contributed by atoms with Gasteiger partial charge in [0.1, 0.15) is 0 Å². The van der Waals surface area contributed by atoms with Crippen LogP contribution in [0.1, 0.15) is 140 Å². The largest absolute Gasteiger partial charge is 0.330 e. The molecule has 0 aromatic carbocycles. The lowest BCUT2D eigenvalue weighted by molar-refractivity contribution is -0.182. The van der Waals surface area contributed by atoms with Crippen LogP contribution < -0.4 is 0 Å². The van der Waals surface area contributed by atoms with Crippen LogP contribution in [0.3, 0.4) is 0 Å². The Labute approximate surface area is 203 Å². The fourth-order valence-electron chi connectivity index (χ4n) is 6.40. The Hall–Kier alpha value is 0.310. The summed E-state index contributed by atoms with van der Waals surface area (Å²) in [5, 5.41) is 0. The van der Waals surface area contributed by atoms with E-state index in [0.717, 1.165) is 12.8 Å². The first-order valence-electron chi connectivity index (χ1n) is 13.8. The maximum atomic E-state index is 11.0. The topological polar surface area (TPSA) is 38.7 Å². The molecule has 0 aliphatic carbocycles. The number of hydrogen-bond donors (Lipinski definition) is 1. The van der Waals surface area contributed by atoms with Gasteiger partial charge in [-0.1, -0.05) is 127 Å². The van der Waals surface area contributed by atoms with E-state index < -0.39 is 14.2 Å². The second kappa shape index (κ2) is 16.9. The first-order chi connectivity index (χ1) is 15.0. The Kier molecular flexibility index (Phi) is 17.0. The van der Waals surface area contributed by atoms with Crippen LogP contribution in [0.4, 0.5) is 0 Å². The molecule has 4 heteroatoms. The van der Waals surface area contributed by atoms with Crippen LogP contribution in [0.15, 0.2) is 0 Å². The van der Waals surface area contributed by atoms with Crippen LogP contribution in [0.2, 0.25) is 0 Å². The van der Waals surface area contributed by atoms with Crippen LogP contribution in [-0.2, 0) is 9.05 Å². The maximum absolute atomic E-state index is 11.0. The summed E-state index contributed by atoms with van der Waals surface area (Å²) in [6.45, 7) is 23.7. The van der Waals surface area contributed by atoms with Crippen LogP contribution in [0.25, 0.3) is 0 Å². The zero-order valence-corrected chi connectivity index (χ0v) is 24.4. The molecule has 0 radical (unpaired) electrons. The molecule has 3 nitrogen and oxygen atoms in total. The number of unbranched alkanes of at least 4 members (excludes halogenated alkanes) is 8. The molecule has 0 aliphatic heterocycles. The summed E-state index contributed by atoms with van der Waals surface area (Å²) in [6, 6.07) is 0. The molecule has 1 unspecified atom stereocenters. The van der Waals surface area contributed by atoms with Crippen LogP contribution in [0, 0.1) is 29.1 Å². The van der Waals surface area contributed by atoms with Crippen molar-refractivity contribution < 1.29 is 13.9 Å². The number of rotatable bonds is 20. The predicted molar refractivity (Wildman–Crippen MR) is 143 cm³/mol. The van der Waals surface area contributed by atoms with Crippen LogP contribution in [0.5, 0.6) is 0 Å². The molecule has 194 valence electrons. The molecule has 1 atom stereocenters. The van der Waals surface area contributed by atoms with Crippen molar-refractivity contribution in [3.63, 3.8) is 0 Å². The fraction of sp³-hybridized carbons (Fsp3) is 1.00. The Morgan fingerprint density at radius 2 is 1.06 bits per heavy atom. The van der Waals surface area contributed by atoms with Crippen LogP contribution >= 0.6 is 8.60 Å². The third-order valence-electron chi connectivity index (χ3n) is 7.88. The van der Waals surface area contributed by atoms with Gasteiger partial charge >= 0.3 is 8.60 Å². The van der Waals surface area contributed by atoms with Crippen molar-refractivity contribution in [3.05, 3.63) is 0 Å². The van der Waals surface area contributed by atoms with Gasteiger partial charge in [0, 0.05) is 5.41 Å². The molecule has 0 amide bonds. The highest BCUT2D eigenvalue weighted by atomic mass is 31.2. The molecular weight excluding hydrogens is 415 g/mol. The lowest BCUT2D eigenvalue weighted by atomic mass is 9.50. The average Bonchev–Trinajstić information content (AvgIpc) is 2.71. The second-order valence-corrected chi connectivity index (χ2v) is 12.1. The van der Waals surface area contributed by atoms with Crippen LogP contribution in [-0.4, -0.2) is 17.1 Å². The van der Waals surface area contributed by atoms with Gasteiger partial charge in [-0.25, -0.2) is 0 Å². The summed E-state index contributed by atoms with van der Waals surface area (Å²) in [5.41, 5.74) is -0.445. The summed E-state index contributed by atoms with van der Waals surface area (Å²) in [6.07, 6.45) is 13.5. The van der Waals surface area contributed by atoms with Gasteiger partial charge in [0.15, 0.2) is 0 Å². The lowest BCUT2D eigenvalue weighted by Crippen LogP contribution is -2.61. The minimum atomic E-state index is -1.90.